The number of amides is 2. The first kappa shape index (κ1) is 19.9. The highest BCUT2D eigenvalue weighted by atomic mass is 19.1. The highest BCUT2D eigenvalue weighted by Gasteiger charge is 2.46. The van der Waals surface area contributed by atoms with Crippen LogP contribution >= 0.6 is 0 Å². The van der Waals surface area contributed by atoms with E-state index in [0.29, 0.717) is 32.4 Å². The highest BCUT2D eigenvalue weighted by Crippen LogP contribution is 2.26. The normalized spacial score (nSPS) is 28.9. The van der Waals surface area contributed by atoms with Gasteiger partial charge in [0.1, 0.15) is 23.8 Å². The van der Waals surface area contributed by atoms with Gasteiger partial charge in [0.05, 0.1) is 37.7 Å². The summed E-state index contributed by atoms with van der Waals surface area (Å²) in [6.45, 7) is 1.96. The van der Waals surface area contributed by atoms with Gasteiger partial charge in [-0.05, 0) is 12.1 Å². The number of hydrogen-bond donors (Lipinski definition) is 4. The Kier molecular flexibility index (Phi) is 6.55. The predicted octanol–water partition coefficient (Wildman–Crippen LogP) is -0.0923. The van der Waals surface area contributed by atoms with Gasteiger partial charge in [-0.1, -0.05) is 0 Å². The first-order valence-corrected chi connectivity index (χ1v) is 8.75. The van der Waals surface area contributed by atoms with Crippen molar-refractivity contribution in [1.29, 1.82) is 0 Å². The van der Waals surface area contributed by atoms with E-state index in [-0.39, 0.29) is 18.8 Å². The minimum atomic E-state index is -0.905. The van der Waals surface area contributed by atoms with E-state index < -0.39 is 42.0 Å². The Morgan fingerprint density at radius 1 is 1.26 bits per heavy atom. The molecule has 2 aliphatic rings. The first-order valence-electron chi connectivity index (χ1n) is 8.75. The fourth-order valence-corrected chi connectivity index (χ4v) is 3.42. The van der Waals surface area contributed by atoms with Gasteiger partial charge in [-0.25, -0.2) is 13.6 Å². The van der Waals surface area contributed by atoms with Gasteiger partial charge in [0, 0.05) is 25.7 Å². The standard InChI is InChI=1S/C17H23F2N3O5/c18-10-1-2-12(11(19)7-10)21-17(25)20-8-13-15(16(24)14(9-23)27-13)22-3-5-26-6-4-22/h1-2,7,13-16,23-24H,3-6,8-9H2,(H2,20,21,25). The summed E-state index contributed by atoms with van der Waals surface area (Å²) in [5, 5.41) is 24.7. The predicted molar refractivity (Wildman–Crippen MR) is 91.3 cm³/mol. The summed E-state index contributed by atoms with van der Waals surface area (Å²) in [5.74, 6) is -1.63. The Labute approximate surface area is 155 Å². The number of halogens is 2. The topological polar surface area (TPSA) is 103 Å². The number of carbonyl (C=O) groups excluding carboxylic acids is 1. The second-order valence-electron chi connectivity index (χ2n) is 6.48. The molecule has 0 spiro atoms. The van der Waals surface area contributed by atoms with Crippen LogP contribution in [0.5, 0.6) is 0 Å². The Morgan fingerprint density at radius 2 is 2.00 bits per heavy atom. The number of benzene rings is 1. The van der Waals surface area contributed by atoms with Crippen molar-refractivity contribution in [3.63, 3.8) is 0 Å². The van der Waals surface area contributed by atoms with Crippen LogP contribution in [0.3, 0.4) is 0 Å². The molecule has 3 rings (SSSR count). The summed E-state index contributed by atoms with van der Waals surface area (Å²) < 4.78 is 37.5. The molecule has 4 unspecified atom stereocenters. The molecule has 1 aromatic rings. The van der Waals surface area contributed by atoms with Crippen molar-refractivity contribution in [2.75, 3.05) is 44.8 Å². The maximum atomic E-state index is 13.6. The van der Waals surface area contributed by atoms with E-state index in [1.807, 2.05) is 4.90 Å². The zero-order chi connectivity index (χ0) is 19.4. The molecule has 0 aromatic heterocycles. The molecule has 8 nitrogen and oxygen atoms in total. The van der Waals surface area contributed by atoms with Gasteiger partial charge in [0.15, 0.2) is 0 Å². The lowest BCUT2D eigenvalue weighted by atomic mass is 10.0. The lowest BCUT2D eigenvalue weighted by Crippen LogP contribution is -2.54. The molecular weight excluding hydrogens is 364 g/mol. The van der Waals surface area contributed by atoms with Crippen molar-refractivity contribution < 1.29 is 33.3 Å². The molecule has 2 saturated heterocycles. The van der Waals surface area contributed by atoms with Crippen molar-refractivity contribution >= 4 is 11.7 Å². The van der Waals surface area contributed by atoms with Gasteiger partial charge in [-0.3, -0.25) is 4.90 Å². The minimum Gasteiger partial charge on any atom is -0.394 e. The summed E-state index contributed by atoms with van der Waals surface area (Å²) in [6, 6.07) is 1.74. The smallest absolute Gasteiger partial charge is 0.319 e. The molecule has 150 valence electrons. The number of aliphatic hydroxyl groups excluding tert-OH is 2. The van der Waals surface area contributed by atoms with Crippen LogP contribution in [0.15, 0.2) is 18.2 Å². The van der Waals surface area contributed by atoms with Crippen molar-refractivity contribution in [3.05, 3.63) is 29.8 Å². The summed E-state index contributed by atoms with van der Waals surface area (Å²) in [5.41, 5.74) is -0.153. The number of hydrogen-bond acceptors (Lipinski definition) is 6. The molecule has 1 aromatic carbocycles. The molecule has 2 heterocycles. The summed E-state index contributed by atoms with van der Waals surface area (Å²) >= 11 is 0. The van der Waals surface area contributed by atoms with Crippen LogP contribution in [0.2, 0.25) is 0 Å². The maximum Gasteiger partial charge on any atom is 0.319 e. The van der Waals surface area contributed by atoms with E-state index in [4.69, 9.17) is 9.47 Å². The highest BCUT2D eigenvalue weighted by molar-refractivity contribution is 5.89. The average Bonchev–Trinajstić information content (AvgIpc) is 2.98. The van der Waals surface area contributed by atoms with Crippen LogP contribution < -0.4 is 10.6 Å². The number of aliphatic hydroxyl groups is 2. The number of carbonyl (C=O) groups is 1. The molecule has 2 amide bonds. The Morgan fingerprint density at radius 3 is 2.67 bits per heavy atom. The van der Waals surface area contributed by atoms with Gasteiger partial charge >= 0.3 is 6.03 Å². The third kappa shape index (κ3) is 4.71. The van der Waals surface area contributed by atoms with E-state index in [2.05, 4.69) is 10.6 Å². The largest absolute Gasteiger partial charge is 0.394 e. The summed E-state index contributed by atoms with van der Waals surface area (Å²) in [6.07, 6.45) is -2.21. The number of urea groups is 1. The van der Waals surface area contributed by atoms with Crippen LogP contribution in [0.4, 0.5) is 19.3 Å². The van der Waals surface area contributed by atoms with E-state index >= 15 is 0 Å². The van der Waals surface area contributed by atoms with E-state index in [1.165, 1.54) is 0 Å². The van der Waals surface area contributed by atoms with Gasteiger partial charge in [0.2, 0.25) is 0 Å². The maximum absolute atomic E-state index is 13.6. The monoisotopic (exact) mass is 387 g/mol. The second-order valence-corrected chi connectivity index (χ2v) is 6.48. The van der Waals surface area contributed by atoms with Gasteiger partial charge in [0.25, 0.3) is 0 Å². The number of ether oxygens (including phenoxy) is 2. The lowest BCUT2D eigenvalue weighted by Gasteiger charge is -2.36. The molecule has 10 heteroatoms. The second kappa shape index (κ2) is 8.89. The molecule has 0 aliphatic carbocycles. The molecule has 4 atom stereocenters. The number of nitrogens with one attached hydrogen (secondary N) is 2. The molecule has 2 aliphatic heterocycles. The van der Waals surface area contributed by atoms with Gasteiger partial charge in [-0.2, -0.15) is 0 Å². The van der Waals surface area contributed by atoms with Gasteiger partial charge < -0.3 is 30.3 Å². The van der Waals surface area contributed by atoms with Gasteiger partial charge in [-0.15, -0.1) is 0 Å². The zero-order valence-corrected chi connectivity index (χ0v) is 14.6. The average molecular weight is 387 g/mol. The van der Waals surface area contributed by atoms with Crippen LogP contribution in [0.25, 0.3) is 0 Å². The molecule has 4 N–H and O–H groups in total. The zero-order valence-electron chi connectivity index (χ0n) is 14.6. The minimum absolute atomic E-state index is 0.0459. The van der Waals surface area contributed by atoms with Crippen LogP contribution in [0.1, 0.15) is 0 Å². The fourth-order valence-electron chi connectivity index (χ4n) is 3.42. The molecule has 0 saturated carbocycles. The van der Waals surface area contributed by atoms with Crippen molar-refractivity contribution in [2.45, 2.75) is 24.4 Å². The quantitative estimate of drug-likeness (QED) is 0.563. The summed E-state index contributed by atoms with van der Waals surface area (Å²) in [4.78, 5) is 14.0. The van der Waals surface area contributed by atoms with E-state index in [1.54, 1.807) is 0 Å². The van der Waals surface area contributed by atoms with E-state index in [9.17, 15) is 23.8 Å². The third-order valence-corrected chi connectivity index (χ3v) is 4.75. The lowest BCUT2D eigenvalue weighted by molar-refractivity contribution is -0.0214. The Balaban J connectivity index is 1.59. The van der Waals surface area contributed by atoms with Crippen molar-refractivity contribution in [2.24, 2.45) is 0 Å². The van der Waals surface area contributed by atoms with Crippen molar-refractivity contribution in [3.8, 4) is 0 Å². The number of anilines is 1. The number of nitrogens with zero attached hydrogens (tertiary/aromatic N) is 1. The fraction of sp³-hybridized carbons (Fsp3) is 0.588. The van der Waals surface area contributed by atoms with Crippen LogP contribution in [-0.2, 0) is 9.47 Å². The Bertz CT molecular complexity index is 659. The molecule has 2 fully saturated rings. The number of rotatable bonds is 5. The van der Waals surface area contributed by atoms with Crippen LogP contribution in [-0.4, -0.2) is 85.0 Å². The van der Waals surface area contributed by atoms with Crippen LogP contribution in [0, 0.1) is 11.6 Å². The Hall–Kier alpha value is -1.85. The molecule has 27 heavy (non-hydrogen) atoms. The molecule has 0 radical (unpaired) electrons. The molecular formula is C17H23F2N3O5. The summed E-state index contributed by atoms with van der Waals surface area (Å²) in [7, 11) is 0. The number of morpholine rings is 1. The van der Waals surface area contributed by atoms with E-state index in [0.717, 1.165) is 12.1 Å². The first-order chi connectivity index (χ1) is 13.0. The third-order valence-electron chi connectivity index (χ3n) is 4.75. The SMILES string of the molecule is O=C(NCC1OC(CO)C(O)C1N1CCOCC1)Nc1ccc(F)cc1F. The molecule has 0 bridgehead atoms. The van der Waals surface area contributed by atoms with Crippen molar-refractivity contribution in [1.82, 2.24) is 10.2 Å².